The van der Waals surface area contributed by atoms with E-state index in [4.69, 9.17) is 9.26 Å². The minimum absolute atomic E-state index is 0.209. The Morgan fingerprint density at radius 1 is 1.17 bits per heavy atom. The molecule has 0 spiro atoms. The molecule has 0 amide bonds. The molecule has 1 N–H and O–H groups in total. The fourth-order valence-corrected chi connectivity index (χ4v) is 3.83. The minimum Gasteiger partial charge on any atom is -0.496 e. The second-order valence-corrected chi connectivity index (χ2v) is 6.82. The van der Waals surface area contributed by atoms with Gasteiger partial charge in [0.2, 0.25) is 5.82 Å². The molecule has 0 saturated carbocycles. The summed E-state index contributed by atoms with van der Waals surface area (Å²) in [5, 5.41) is 4.98. The number of aromatic amines is 1. The van der Waals surface area contributed by atoms with E-state index in [-0.39, 0.29) is 23.0 Å². The van der Waals surface area contributed by atoms with Crippen LogP contribution in [0.2, 0.25) is 0 Å². The number of hydrogen-bond donors (Lipinski definition) is 1. The van der Waals surface area contributed by atoms with Crippen molar-refractivity contribution in [3.05, 3.63) is 59.6 Å². The van der Waals surface area contributed by atoms with Gasteiger partial charge in [-0.2, -0.15) is 18.2 Å². The van der Waals surface area contributed by atoms with Crippen molar-refractivity contribution in [2.75, 3.05) is 7.11 Å². The van der Waals surface area contributed by atoms with Gasteiger partial charge in [0.05, 0.1) is 12.7 Å². The van der Waals surface area contributed by atoms with Crippen LogP contribution in [0, 0.1) is 6.42 Å². The molecule has 2 aromatic heterocycles. The topological polar surface area (TPSA) is 63.9 Å². The van der Waals surface area contributed by atoms with Gasteiger partial charge in [-0.1, -0.05) is 11.2 Å². The number of methoxy groups -OCH3 is 1. The highest BCUT2D eigenvalue weighted by molar-refractivity contribution is 5.89. The van der Waals surface area contributed by atoms with Gasteiger partial charge in [0, 0.05) is 28.6 Å². The van der Waals surface area contributed by atoms with Gasteiger partial charge < -0.3 is 14.2 Å². The van der Waals surface area contributed by atoms with E-state index < -0.39 is 11.7 Å². The molecule has 1 aliphatic carbocycles. The lowest BCUT2D eigenvalue weighted by atomic mass is 10.1. The van der Waals surface area contributed by atoms with E-state index in [9.17, 15) is 13.2 Å². The number of ether oxygens (including phenoxy) is 1. The summed E-state index contributed by atoms with van der Waals surface area (Å²) >= 11 is 0. The van der Waals surface area contributed by atoms with Gasteiger partial charge in [0.1, 0.15) is 11.3 Å². The van der Waals surface area contributed by atoms with Crippen molar-refractivity contribution in [2.24, 2.45) is 0 Å². The predicted octanol–water partition coefficient (Wildman–Crippen LogP) is 5.41. The van der Waals surface area contributed by atoms with Crippen molar-refractivity contribution in [2.45, 2.75) is 19.0 Å². The molecule has 0 aliphatic heterocycles. The highest BCUT2D eigenvalue weighted by atomic mass is 19.4. The van der Waals surface area contributed by atoms with E-state index in [0.717, 1.165) is 29.4 Å². The van der Waals surface area contributed by atoms with E-state index >= 15 is 0 Å². The SMILES string of the molecule is COc1cccc(-c2nc(-c3ccc4[nH]c5c(c4c3)CC[CH]5)no2)c1C(F)(F)F. The molecule has 5 rings (SSSR count). The van der Waals surface area contributed by atoms with Crippen molar-refractivity contribution >= 4 is 10.9 Å². The molecule has 0 atom stereocenters. The average Bonchev–Trinajstić information content (AvgIpc) is 3.42. The molecular formula is C21H15F3N3O2. The molecule has 0 bridgehead atoms. The molecule has 0 fully saturated rings. The smallest absolute Gasteiger partial charge is 0.420 e. The van der Waals surface area contributed by atoms with Crippen molar-refractivity contribution in [1.82, 2.24) is 15.1 Å². The van der Waals surface area contributed by atoms with Crippen LogP contribution >= 0.6 is 0 Å². The van der Waals surface area contributed by atoms with Crippen LogP contribution in [0.4, 0.5) is 13.2 Å². The molecule has 2 heterocycles. The first-order valence-corrected chi connectivity index (χ1v) is 9.02. The van der Waals surface area contributed by atoms with Gasteiger partial charge in [-0.25, -0.2) is 0 Å². The molecule has 1 radical (unpaired) electrons. The van der Waals surface area contributed by atoms with Crippen LogP contribution in [0.15, 0.2) is 40.9 Å². The molecule has 147 valence electrons. The zero-order valence-electron chi connectivity index (χ0n) is 15.3. The number of benzene rings is 2. The minimum atomic E-state index is -4.63. The van der Waals surface area contributed by atoms with Gasteiger partial charge in [-0.15, -0.1) is 0 Å². The molecule has 0 saturated heterocycles. The van der Waals surface area contributed by atoms with Crippen molar-refractivity contribution in [3.63, 3.8) is 0 Å². The summed E-state index contributed by atoms with van der Waals surface area (Å²) in [6.07, 6.45) is -0.528. The van der Waals surface area contributed by atoms with Gasteiger partial charge in [0.15, 0.2) is 0 Å². The Balaban J connectivity index is 1.60. The molecule has 4 aromatic rings. The Hall–Kier alpha value is -3.29. The first-order valence-electron chi connectivity index (χ1n) is 9.02. The second-order valence-electron chi connectivity index (χ2n) is 6.82. The summed E-state index contributed by atoms with van der Waals surface area (Å²) in [5.41, 5.74) is 2.89. The summed E-state index contributed by atoms with van der Waals surface area (Å²) in [7, 11) is 1.19. The number of aryl methyl sites for hydroxylation is 1. The van der Waals surface area contributed by atoms with Crippen LogP contribution < -0.4 is 4.74 Å². The molecule has 29 heavy (non-hydrogen) atoms. The first kappa shape index (κ1) is 17.8. The molecule has 8 heteroatoms. The number of halogens is 3. The average molecular weight is 398 g/mol. The Morgan fingerprint density at radius 2 is 2.03 bits per heavy atom. The van der Waals surface area contributed by atoms with Crippen LogP contribution in [0.5, 0.6) is 5.75 Å². The second kappa shape index (κ2) is 6.37. The zero-order chi connectivity index (χ0) is 20.2. The van der Waals surface area contributed by atoms with Crippen molar-refractivity contribution in [3.8, 4) is 28.6 Å². The van der Waals surface area contributed by atoms with Crippen molar-refractivity contribution in [1.29, 1.82) is 0 Å². The standard InChI is InChI=1S/C21H15F3N3O2/c1-28-17-7-3-5-13(18(17)21(22,23)24)20-26-19(27-29-20)11-8-9-16-14(10-11)12-4-2-6-15(12)25-16/h3,5-10,25H,2,4H2,1H3. The lowest BCUT2D eigenvalue weighted by Gasteiger charge is -2.14. The lowest BCUT2D eigenvalue weighted by molar-refractivity contribution is -0.138. The van der Waals surface area contributed by atoms with Crippen LogP contribution in [-0.4, -0.2) is 22.2 Å². The Morgan fingerprint density at radius 3 is 2.83 bits per heavy atom. The van der Waals surface area contributed by atoms with Crippen molar-refractivity contribution < 1.29 is 22.4 Å². The monoisotopic (exact) mass is 398 g/mol. The number of hydrogen-bond acceptors (Lipinski definition) is 4. The maximum Gasteiger partial charge on any atom is 0.420 e. The van der Waals surface area contributed by atoms with Crippen LogP contribution in [0.3, 0.4) is 0 Å². The number of fused-ring (bicyclic) bond motifs is 3. The highest BCUT2D eigenvalue weighted by Crippen LogP contribution is 2.42. The number of rotatable bonds is 3. The van der Waals surface area contributed by atoms with Crippen LogP contribution in [0.25, 0.3) is 33.7 Å². The third-order valence-electron chi connectivity index (χ3n) is 5.13. The quantitative estimate of drug-likeness (QED) is 0.501. The van der Waals surface area contributed by atoms with E-state index in [1.807, 2.05) is 18.2 Å². The summed E-state index contributed by atoms with van der Waals surface area (Å²) in [5.74, 6) is -0.274. The van der Waals surface area contributed by atoms with Crippen LogP contribution in [-0.2, 0) is 12.6 Å². The summed E-state index contributed by atoms with van der Waals surface area (Å²) in [6, 6.07) is 9.67. The Labute approximate surface area is 163 Å². The number of aromatic nitrogens is 3. The number of alkyl halides is 3. The number of nitrogens with zero attached hydrogens (tertiary/aromatic N) is 2. The van der Waals surface area contributed by atoms with E-state index in [2.05, 4.69) is 21.5 Å². The number of H-pyrrole nitrogens is 1. The maximum atomic E-state index is 13.6. The fourth-order valence-electron chi connectivity index (χ4n) is 3.83. The van der Waals surface area contributed by atoms with Gasteiger partial charge >= 0.3 is 6.18 Å². The number of nitrogens with one attached hydrogen (secondary N) is 1. The molecule has 1 aliphatic rings. The Bertz CT molecular complexity index is 1220. The third-order valence-corrected chi connectivity index (χ3v) is 5.13. The first-order chi connectivity index (χ1) is 14.0. The normalized spacial score (nSPS) is 13.8. The maximum absolute atomic E-state index is 13.6. The van der Waals surface area contributed by atoms with Gasteiger partial charge in [0.25, 0.3) is 5.89 Å². The zero-order valence-corrected chi connectivity index (χ0v) is 15.3. The third kappa shape index (κ3) is 2.86. The molecule has 0 unspecified atom stereocenters. The summed E-state index contributed by atoms with van der Waals surface area (Å²) < 4.78 is 50.9. The molecule has 5 nitrogen and oxygen atoms in total. The van der Waals surface area contributed by atoms with Crippen LogP contribution in [0.1, 0.15) is 23.2 Å². The fraction of sp³-hybridized carbons (Fsp3) is 0.190. The lowest BCUT2D eigenvalue weighted by Crippen LogP contribution is -2.09. The van der Waals surface area contributed by atoms with E-state index in [1.54, 1.807) is 0 Å². The predicted molar refractivity (Wildman–Crippen MR) is 100 cm³/mol. The van der Waals surface area contributed by atoms with Gasteiger partial charge in [-0.3, -0.25) is 0 Å². The molecular weight excluding hydrogens is 383 g/mol. The Kier molecular flexibility index (Phi) is 3.90. The largest absolute Gasteiger partial charge is 0.496 e. The summed E-state index contributed by atoms with van der Waals surface area (Å²) in [4.78, 5) is 7.60. The molecule has 2 aromatic carbocycles. The van der Waals surface area contributed by atoms with E-state index in [0.29, 0.717) is 5.56 Å². The highest BCUT2D eigenvalue weighted by Gasteiger charge is 2.38. The summed E-state index contributed by atoms with van der Waals surface area (Å²) in [6.45, 7) is 0. The van der Waals surface area contributed by atoms with Gasteiger partial charge in [-0.05, 0) is 48.7 Å². The van der Waals surface area contributed by atoms with E-state index in [1.165, 1.54) is 30.9 Å².